The molecule has 0 spiro atoms. The van der Waals surface area contributed by atoms with Gasteiger partial charge in [0, 0.05) is 15.7 Å². The summed E-state index contributed by atoms with van der Waals surface area (Å²) in [5.41, 5.74) is 0.663. The van der Waals surface area contributed by atoms with Gasteiger partial charge in [-0.1, -0.05) is 36.4 Å². The van der Waals surface area contributed by atoms with Crippen LogP contribution in [0, 0.1) is 11.3 Å². The summed E-state index contributed by atoms with van der Waals surface area (Å²) in [6.45, 7) is 0. The van der Waals surface area contributed by atoms with Gasteiger partial charge in [-0.2, -0.15) is 5.26 Å². The molecule has 3 aromatic carbocycles. The molecule has 0 aromatic heterocycles. The van der Waals surface area contributed by atoms with Crippen molar-refractivity contribution < 1.29 is 4.74 Å². The van der Waals surface area contributed by atoms with Gasteiger partial charge in [0.05, 0.1) is 11.6 Å². The Kier molecular flexibility index (Phi) is 3.81. The van der Waals surface area contributed by atoms with E-state index in [1.165, 1.54) is 0 Å². The lowest BCUT2D eigenvalue weighted by Crippen LogP contribution is -1.89. The van der Waals surface area contributed by atoms with E-state index in [0.717, 1.165) is 27.2 Å². The third-order valence-corrected chi connectivity index (χ3v) is 4.07. The number of thioether (sulfide) groups is 1. The molecule has 0 amide bonds. The predicted octanol–water partition coefficient (Wildman–Crippen LogP) is 5.23. The quantitative estimate of drug-likeness (QED) is 0.620. The van der Waals surface area contributed by atoms with E-state index in [1.807, 2.05) is 60.9 Å². The molecule has 3 rings (SSSR count). The van der Waals surface area contributed by atoms with E-state index in [1.54, 1.807) is 17.8 Å². The van der Waals surface area contributed by atoms with Crippen LogP contribution in [-0.4, -0.2) is 6.26 Å². The van der Waals surface area contributed by atoms with Crippen molar-refractivity contribution in [1.29, 1.82) is 5.26 Å². The Morgan fingerprint density at radius 1 is 0.857 bits per heavy atom. The van der Waals surface area contributed by atoms with Gasteiger partial charge < -0.3 is 4.74 Å². The first-order chi connectivity index (χ1) is 10.3. The fourth-order valence-corrected chi connectivity index (χ4v) is 2.81. The SMILES string of the molecule is CSc1ccccc1Oc1ccc(C#N)c2ccccc12. The third kappa shape index (κ3) is 2.58. The summed E-state index contributed by atoms with van der Waals surface area (Å²) >= 11 is 1.65. The fourth-order valence-electron chi connectivity index (χ4n) is 2.28. The van der Waals surface area contributed by atoms with Crippen LogP contribution in [0.15, 0.2) is 65.6 Å². The van der Waals surface area contributed by atoms with Gasteiger partial charge in [-0.3, -0.25) is 0 Å². The van der Waals surface area contributed by atoms with Gasteiger partial charge in [-0.15, -0.1) is 11.8 Å². The van der Waals surface area contributed by atoms with Crippen molar-refractivity contribution in [1.82, 2.24) is 0 Å². The Labute approximate surface area is 128 Å². The number of ether oxygens (including phenoxy) is 1. The van der Waals surface area contributed by atoms with E-state index in [-0.39, 0.29) is 0 Å². The molecular weight excluding hydrogens is 278 g/mol. The highest BCUT2D eigenvalue weighted by Gasteiger charge is 2.09. The molecule has 3 aromatic rings. The van der Waals surface area contributed by atoms with E-state index in [4.69, 9.17) is 4.74 Å². The molecule has 0 saturated heterocycles. The van der Waals surface area contributed by atoms with Crippen molar-refractivity contribution in [3.8, 4) is 17.6 Å². The topological polar surface area (TPSA) is 33.0 Å². The highest BCUT2D eigenvalue weighted by molar-refractivity contribution is 7.98. The molecule has 0 aliphatic rings. The Balaban J connectivity index is 2.12. The number of para-hydroxylation sites is 1. The summed E-state index contributed by atoms with van der Waals surface area (Å²) in [6, 6.07) is 21.6. The van der Waals surface area contributed by atoms with Crippen molar-refractivity contribution in [3.05, 3.63) is 66.2 Å². The second-order valence-corrected chi connectivity index (χ2v) is 5.37. The summed E-state index contributed by atoms with van der Waals surface area (Å²) < 4.78 is 6.08. The molecule has 0 heterocycles. The van der Waals surface area contributed by atoms with Gasteiger partial charge in [0.25, 0.3) is 0 Å². The van der Waals surface area contributed by atoms with Crippen molar-refractivity contribution >= 4 is 22.5 Å². The van der Waals surface area contributed by atoms with Gasteiger partial charge in [-0.25, -0.2) is 0 Å². The molecule has 0 radical (unpaired) electrons. The van der Waals surface area contributed by atoms with Crippen molar-refractivity contribution in [2.24, 2.45) is 0 Å². The maximum absolute atomic E-state index is 9.20. The van der Waals surface area contributed by atoms with Gasteiger partial charge >= 0.3 is 0 Å². The molecule has 0 aliphatic heterocycles. The molecule has 0 saturated carbocycles. The lowest BCUT2D eigenvalue weighted by molar-refractivity contribution is 0.476. The molecule has 0 N–H and O–H groups in total. The van der Waals surface area contributed by atoms with Crippen LogP contribution in [0.2, 0.25) is 0 Å². The zero-order valence-electron chi connectivity index (χ0n) is 11.5. The average molecular weight is 291 g/mol. The number of fused-ring (bicyclic) bond motifs is 1. The maximum Gasteiger partial charge on any atom is 0.140 e. The van der Waals surface area contributed by atoms with Crippen molar-refractivity contribution in [3.63, 3.8) is 0 Å². The predicted molar refractivity (Wildman–Crippen MR) is 87.0 cm³/mol. The van der Waals surface area contributed by atoms with Gasteiger partial charge in [0.15, 0.2) is 0 Å². The minimum absolute atomic E-state index is 0.663. The molecule has 3 heteroatoms. The summed E-state index contributed by atoms with van der Waals surface area (Å²) in [5, 5.41) is 11.1. The molecule has 102 valence electrons. The number of hydrogen-bond donors (Lipinski definition) is 0. The van der Waals surface area contributed by atoms with E-state index >= 15 is 0 Å². The standard InChI is InChI=1S/C18H13NOS/c1-21-18-9-5-4-8-17(18)20-16-11-10-13(12-19)14-6-2-3-7-15(14)16/h2-11H,1H3. The molecular formula is C18H13NOS. The lowest BCUT2D eigenvalue weighted by atomic mass is 10.0. The van der Waals surface area contributed by atoms with Crippen LogP contribution in [0.4, 0.5) is 0 Å². The molecule has 0 unspecified atom stereocenters. The van der Waals surface area contributed by atoms with Gasteiger partial charge in [0.1, 0.15) is 11.5 Å². The summed E-state index contributed by atoms with van der Waals surface area (Å²) in [4.78, 5) is 1.09. The smallest absolute Gasteiger partial charge is 0.140 e. The number of hydrogen-bond acceptors (Lipinski definition) is 3. The Morgan fingerprint density at radius 2 is 1.57 bits per heavy atom. The number of nitrogens with zero attached hydrogens (tertiary/aromatic N) is 1. The van der Waals surface area contributed by atoms with Crippen LogP contribution in [-0.2, 0) is 0 Å². The van der Waals surface area contributed by atoms with Crippen LogP contribution in [0.25, 0.3) is 10.8 Å². The second kappa shape index (κ2) is 5.90. The Morgan fingerprint density at radius 3 is 2.33 bits per heavy atom. The van der Waals surface area contributed by atoms with Crippen LogP contribution in [0.1, 0.15) is 5.56 Å². The summed E-state index contributed by atoms with van der Waals surface area (Å²) in [6.07, 6.45) is 2.03. The molecule has 21 heavy (non-hydrogen) atoms. The summed E-state index contributed by atoms with van der Waals surface area (Å²) in [5.74, 6) is 1.60. The number of nitriles is 1. The average Bonchev–Trinajstić information content (AvgIpc) is 2.55. The first-order valence-electron chi connectivity index (χ1n) is 6.56. The van der Waals surface area contributed by atoms with Crippen LogP contribution in [0.3, 0.4) is 0 Å². The van der Waals surface area contributed by atoms with E-state index < -0.39 is 0 Å². The van der Waals surface area contributed by atoms with Crippen molar-refractivity contribution in [2.75, 3.05) is 6.26 Å². The van der Waals surface area contributed by atoms with Crippen LogP contribution in [0.5, 0.6) is 11.5 Å². The van der Waals surface area contributed by atoms with Crippen LogP contribution >= 0.6 is 11.8 Å². The monoisotopic (exact) mass is 291 g/mol. The first kappa shape index (κ1) is 13.5. The maximum atomic E-state index is 9.20. The summed E-state index contributed by atoms with van der Waals surface area (Å²) in [7, 11) is 0. The van der Waals surface area contributed by atoms with E-state index in [2.05, 4.69) is 6.07 Å². The molecule has 2 nitrogen and oxygen atoms in total. The minimum atomic E-state index is 0.663. The molecule has 0 aliphatic carbocycles. The van der Waals surface area contributed by atoms with E-state index in [0.29, 0.717) is 5.56 Å². The normalized spacial score (nSPS) is 10.3. The van der Waals surface area contributed by atoms with Gasteiger partial charge in [0.2, 0.25) is 0 Å². The van der Waals surface area contributed by atoms with E-state index in [9.17, 15) is 5.26 Å². The lowest BCUT2D eigenvalue weighted by Gasteiger charge is -2.12. The fraction of sp³-hybridized carbons (Fsp3) is 0.0556. The Hall–Kier alpha value is -2.44. The molecule has 0 fully saturated rings. The minimum Gasteiger partial charge on any atom is -0.456 e. The largest absolute Gasteiger partial charge is 0.456 e. The third-order valence-electron chi connectivity index (χ3n) is 3.29. The van der Waals surface area contributed by atoms with Crippen LogP contribution < -0.4 is 4.74 Å². The zero-order valence-corrected chi connectivity index (χ0v) is 12.4. The number of rotatable bonds is 3. The van der Waals surface area contributed by atoms with Gasteiger partial charge in [-0.05, 0) is 30.5 Å². The second-order valence-electron chi connectivity index (χ2n) is 4.52. The highest BCUT2D eigenvalue weighted by atomic mass is 32.2. The molecule has 0 bridgehead atoms. The van der Waals surface area contributed by atoms with Crippen molar-refractivity contribution in [2.45, 2.75) is 4.90 Å². The number of benzene rings is 3. The molecule has 0 atom stereocenters. The highest BCUT2D eigenvalue weighted by Crippen LogP contribution is 2.35. The Bertz CT molecular complexity index is 836. The zero-order chi connectivity index (χ0) is 14.7. The first-order valence-corrected chi connectivity index (χ1v) is 7.78.